The Morgan fingerprint density at radius 3 is 2.62 bits per heavy atom. The number of likely N-dealkylation sites (tertiary alicyclic amines) is 1. The van der Waals surface area contributed by atoms with Crippen molar-refractivity contribution in [1.29, 1.82) is 0 Å². The first kappa shape index (κ1) is 13.9. The highest BCUT2D eigenvalue weighted by atomic mass is 19.4. The first-order chi connectivity index (χ1) is 9.79. The van der Waals surface area contributed by atoms with Crippen LogP contribution in [-0.4, -0.2) is 52.4 Å². The number of fused-ring (bicyclic) bond motifs is 2. The zero-order valence-electron chi connectivity index (χ0n) is 10.6. The molecule has 2 fully saturated rings. The molecule has 0 aliphatic carbocycles. The van der Waals surface area contributed by atoms with Crippen molar-refractivity contribution in [3.05, 3.63) is 23.9 Å². The first-order valence-electron chi connectivity index (χ1n) is 6.24. The summed E-state index contributed by atoms with van der Waals surface area (Å²) in [7, 11) is 0. The van der Waals surface area contributed by atoms with Gasteiger partial charge in [0.2, 0.25) is 0 Å². The molecule has 2 saturated heterocycles. The molecule has 2 aliphatic rings. The lowest BCUT2D eigenvalue weighted by Crippen LogP contribution is -2.53. The SMILES string of the molecule is O=C([O-])N1CC2C(O)C1CN2c1cc(C(F)(F)F)ccn1. The van der Waals surface area contributed by atoms with Crippen LogP contribution in [0.1, 0.15) is 5.56 Å². The molecule has 0 radical (unpaired) electrons. The lowest BCUT2D eigenvalue weighted by Gasteiger charge is -2.35. The number of hydrogen-bond donors (Lipinski definition) is 1. The van der Waals surface area contributed by atoms with Gasteiger partial charge in [0.05, 0.1) is 23.8 Å². The predicted octanol–water partition coefficient (Wildman–Crippen LogP) is -0.323. The summed E-state index contributed by atoms with van der Waals surface area (Å²) < 4.78 is 38.1. The maximum absolute atomic E-state index is 12.7. The summed E-state index contributed by atoms with van der Waals surface area (Å²) >= 11 is 0. The fourth-order valence-corrected chi connectivity index (χ4v) is 2.94. The lowest BCUT2D eigenvalue weighted by molar-refractivity contribution is -0.267. The first-order valence-corrected chi connectivity index (χ1v) is 6.24. The number of piperazine rings is 1. The average Bonchev–Trinajstić information content (AvgIpc) is 2.91. The molecule has 1 aromatic rings. The van der Waals surface area contributed by atoms with E-state index in [1.165, 1.54) is 4.90 Å². The van der Waals surface area contributed by atoms with E-state index in [0.29, 0.717) is 0 Å². The smallest absolute Gasteiger partial charge is 0.416 e. The molecule has 6 nitrogen and oxygen atoms in total. The van der Waals surface area contributed by atoms with E-state index in [0.717, 1.165) is 23.2 Å². The number of aliphatic hydroxyl groups excluding tert-OH is 1. The van der Waals surface area contributed by atoms with Gasteiger partial charge in [0.25, 0.3) is 0 Å². The minimum absolute atomic E-state index is 0.00785. The summed E-state index contributed by atoms with van der Waals surface area (Å²) in [5.41, 5.74) is -0.832. The Morgan fingerprint density at radius 2 is 2.10 bits per heavy atom. The van der Waals surface area contributed by atoms with Crippen LogP contribution in [0.15, 0.2) is 18.3 Å². The van der Waals surface area contributed by atoms with Gasteiger partial charge in [0, 0.05) is 19.3 Å². The number of carbonyl (C=O) groups is 1. The van der Waals surface area contributed by atoms with Crippen molar-refractivity contribution < 1.29 is 28.2 Å². The van der Waals surface area contributed by atoms with E-state index in [-0.39, 0.29) is 18.9 Å². The van der Waals surface area contributed by atoms with E-state index in [4.69, 9.17) is 0 Å². The number of amides is 1. The standard InChI is InChI=1S/C12H12F3N3O3/c13-12(14,15)6-1-2-16-9(3-6)17-4-8-10(19)7(17)5-18(8)11(20)21/h1-3,7-8,10,19H,4-5H2,(H,20,21)/p-1. The highest BCUT2D eigenvalue weighted by Gasteiger charge is 2.51. The summed E-state index contributed by atoms with van der Waals surface area (Å²) in [5, 5.41) is 20.9. The number of pyridine rings is 1. The monoisotopic (exact) mass is 302 g/mol. The number of anilines is 1. The molecule has 3 atom stereocenters. The highest BCUT2D eigenvalue weighted by molar-refractivity contribution is 5.65. The van der Waals surface area contributed by atoms with Gasteiger partial charge in [-0.1, -0.05) is 0 Å². The average molecular weight is 302 g/mol. The second kappa shape index (κ2) is 4.48. The molecule has 3 heterocycles. The minimum Gasteiger partial charge on any atom is -0.530 e. The van der Waals surface area contributed by atoms with Crippen molar-refractivity contribution in [2.24, 2.45) is 0 Å². The summed E-state index contributed by atoms with van der Waals surface area (Å²) in [4.78, 5) is 17.3. The molecule has 21 heavy (non-hydrogen) atoms. The molecule has 9 heteroatoms. The van der Waals surface area contributed by atoms with E-state index in [2.05, 4.69) is 4.98 Å². The van der Waals surface area contributed by atoms with Gasteiger partial charge in [-0.15, -0.1) is 0 Å². The van der Waals surface area contributed by atoms with Gasteiger partial charge in [-0.25, -0.2) is 4.98 Å². The van der Waals surface area contributed by atoms with Gasteiger partial charge in [-0.3, -0.25) is 0 Å². The van der Waals surface area contributed by atoms with E-state index < -0.39 is 36.0 Å². The third-order valence-electron chi connectivity index (χ3n) is 3.96. The quantitative estimate of drug-likeness (QED) is 0.769. The van der Waals surface area contributed by atoms with Crippen molar-refractivity contribution in [1.82, 2.24) is 9.88 Å². The Hall–Kier alpha value is -2.03. The zero-order chi connectivity index (χ0) is 15.4. The molecule has 3 rings (SSSR count). The number of carboxylic acid groups (broad SMARTS) is 1. The zero-order valence-corrected chi connectivity index (χ0v) is 10.6. The Morgan fingerprint density at radius 1 is 1.38 bits per heavy atom. The van der Waals surface area contributed by atoms with Crippen molar-refractivity contribution in [3.8, 4) is 0 Å². The second-order valence-electron chi connectivity index (χ2n) is 5.10. The summed E-state index contributed by atoms with van der Waals surface area (Å²) in [6.07, 6.45) is -5.78. The third kappa shape index (κ3) is 2.17. The van der Waals surface area contributed by atoms with E-state index >= 15 is 0 Å². The largest absolute Gasteiger partial charge is 0.530 e. The molecule has 1 amide bonds. The van der Waals surface area contributed by atoms with E-state index in [9.17, 15) is 28.2 Å². The molecule has 1 N–H and O–H groups in total. The Bertz CT molecular complexity index is 580. The van der Waals surface area contributed by atoms with Crippen molar-refractivity contribution >= 4 is 11.9 Å². The Kier molecular flexibility index (Phi) is 2.97. The van der Waals surface area contributed by atoms with Gasteiger partial charge < -0.3 is 24.8 Å². The molecule has 0 saturated carbocycles. The molecular formula is C12H11F3N3O3-. The summed E-state index contributed by atoms with van der Waals surface area (Å²) in [5.74, 6) is 0.0781. The molecule has 1 aromatic heterocycles. The van der Waals surface area contributed by atoms with Crippen LogP contribution in [0.2, 0.25) is 0 Å². The molecular weight excluding hydrogens is 291 g/mol. The van der Waals surface area contributed by atoms with Crippen LogP contribution < -0.4 is 10.0 Å². The molecule has 2 bridgehead atoms. The Balaban J connectivity index is 1.86. The molecule has 3 unspecified atom stereocenters. The third-order valence-corrected chi connectivity index (χ3v) is 3.96. The molecule has 2 aliphatic heterocycles. The molecule has 0 aromatic carbocycles. The lowest BCUT2D eigenvalue weighted by atomic mass is 10.2. The number of alkyl halides is 3. The van der Waals surface area contributed by atoms with Crippen molar-refractivity contribution in [2.45, 2.75) is 24.4 Å². The fourth-order valence-electron chi connectivity index (χ4n) is 2.94. The Labute approximate surface area is 117 Å². The van der Waals surface area contributed by atoms with Crippen LogP contribution in [0.3, 0.4) is 0 Å². The van der Waals surface area contributed by atoms with Crippen LogP contribution in [0.4, 0.5) is 23.8 Å². The maximum atomic E-state index is 12.7. The van der Waals surface area contributed by atoms with Crippen LogP contribution >= 0.6 is 0 Å². The maximum Gasteiger partial charge on any atom is 0.416 e. The van der Waals surface area contributed by atoms with Gasteiger partial charge in [-0.2, -0.15) is 13.2 Å². The van der Waals surface area contributed by atoms with Crippen molar-refractivity contribution in [2.75, 3.05) is 18.0 Å². The van der Waals surface area contributed by atoms with Gasteiger partial charge in [-0.05, 0) is 12.1 Å². The van der Waals surface area contributed by atoms with Crippen LogP contribution in [0.25, 0.3) is 0 Å². The molecule has 114 valence electrons. The highest BCUT2D eigenvalue weighted by Crippen LogP contribution is 2.36. The van der Waals surface area contributed by atoms with Gasteiger partial charge in [0.15, 0.2) is 0 Å². The van der Waals surface area contributed by atoms with E-state index in [1.807, 2.05) is 0 Å². The number of carbonyl (C=O) groups excluding carboxylic acids is 1. The fraction of sp³-hybridized carbons (Fsp3) is 0.500. The summed E-state index contributed by atoms with van der Waals surface area (Å²) in [6.45, 7) is 0.0835. The van der Waals surface area contributed by atoms with Crippen molar-refractivity contribution in [3.63, 3.8) is 0 Å². The topological polar surface area (TPSA) is 79.7 Å². The minimum atomic E-state index is -4.48. The number of halogens is 3. The van der Waals surface area contributed by atoms with Gasteiger partial charge in [0.1, 0.15) is 11.9 Å². The van der Waals surface area contributed by atoms with Gasteiger partial charge >= 0.3 is 6.18 Å². The van der Waals surface area contributed by atoms with Crippen LogP contribution in [-0.2, 0) is 6.18 Å². The second-order valence-corrected chi connectivity index (χ2v) is 5.10. The predicted molar refractivity (Wildman–Crippen MR) is 62.3 cm³/mol. The number of rotatable bonds is 1. The number of hydrogen-bond acceptors (Lipinski definition) is 5. The van der Waals surface area contributed by atoms with Crippen LogP contribution in [0.5, 0.6) is 0 Å². The number of aromatic nitrogens is 1. The normalized spacial score (nSPS) is 28.3. The number of aliphatic hydroxyl groups is 1. The summed E-state index contributed by atoms with van der Waals surface area (Å²) in [6, 6.07) is 0.457. The van der Waals surface area contributed by atoms with E-state index in [1.54, 1.807) is 0 Å². The number of nitrogens with zero attached hydrogens (tertiary/aromatic N) is 3. The van der Waals surface area contributed by atoms with Crippen LogP contribution in [0, 0.1) is 0 Å². The molecule has 0 spiro atoms.